The van der Waals surface area contributed by atoms with E-state index in [1.165, 1.54) is 66.0 Å². The Balaban J connectivity index is 1.08. The molecule has 0 radical (unpaired) electrons. The fourth-order valence-corrected chi connectivity index (χ4v) is 16.1. The van der Waals surface area contributed by atoms with E-state index in [1.807, 2.05) is 0 Å². The predicted octanol–water partition coefficient (Wildman–Crippen LogP) is 24.2. The van der Waals surface area contributed by atoms with Crippen LogP contribution in [0.1, 0.15) is 132 Å². The van der Waals surface area contributed by atoms with Crippen molar-refractivity contribution in [2.75, 3.05) is 9.80 Å². The van der Waals surface area contributed by atoms with Gasteiger partial charge in [0.15, 0.2) is 0 Å². The molecule has 0 N–H and O–H groups in total. The second-order valence-corrected chi connectivity index (χ2v) is 32.9. The number of benzene rings is 12. The van der Waals surface area contributed by atoms with Gasteiger partial charge < -0.3 is 23.2 Å². The highest BCUT2D eigenvalue weighted by Crippen LogP contribution is 2.57. The summed E-state index contributed by atoms with van der Waals surface area (Å²) in [7, 11) is 0. The van der Waals surface area contributed by atoms with Crippen LogP contribution in [0, 0.1) is 0 Å². The zero-order chi connectivity index (χ0) is 67.9. The molecule has 0 aliphatic carbocycles. The predicted molar refractivity (Wildman–Crippen MR) is 419 cm³/mol. The molecule has 0 amide bonds. The molecule has 2 aliphatic heterocycles. The van der Waals surface area contributed by atoms with E-state index in [-0.39, 0.29) is 33.8 Å². The van der Waals surface area contributed by atoms with Crippen molar-refractivity contribution in [3.63, 3.8) is 0 Å². The molecule has 0 saturated carbocycles. The number of anilines is 6. The molecule has 0 spiro atoms. The van der Waals surface area contributed by atoms with Gasteiger partial charge in [-0.05, 0) is 161 Å². The van der Waals surface area contributed by atoms with E-state index in [0.717, 1.165) is 117 Å². The van der Waals surface area contributed by atoms with Gasteiger partial charge in [-0.1, -0.05) is 262 Å². The van der Waals surface area contributed by atoms with Crippen molar-refractivity contribution in [3.8, 4) is 39.1 Å². The Hall–Kier alpha value is -10.3. The summed E-state index contributed by atoms with van der Waals surface area (Å²) in [6.07, 6.45) is 0. The van der Waals surface area contributed by atoms with Gasteiger partial charge in [0.2, 0.25) is 0 Å². The molecular formula is C92H84BN3O2. The lowest BCUT2D eigenvalue weighted by molar-refractivity contribution is 0.572. The summed E-state index contributed by atoms with van der Waals surface area (Å²) in [5, 5.41) is 6.87. The molecule has 0 fully saturated rings. The number of rotatable bonds is 6. The smallest absolute Gasteiger partial charge is 0.252 e. The van der Waals surface area contributed by atoms with E-state index in [2.05, 4.69) is 355 Å². The molecule has 5 heterocycles. The van der Waals surface area contributed by atoms with Gasteiger partial charge in [-0.3, -0.25) is 0 Å². The summed E-state index contributed by atoms with van der Waals surface area (Å²) < 4.78 is 17.3. The standard InChI is InChI=1S/C92H84BN3O2/c1-88(2,3)59-40-45-73-67(48-59)68-49-60(89(4,5)6)41-46-74(68)94(73)62-42-43-71-76(52-62)96(85-66(57-33-23-18-24-34-57)54-70(92(13,14)15)87-82(85)64-36-26-28-38-80(64)98-87)78-51-61(90(7,8)9)50-77-83(78)93(71)72-47-58(55-29-19-16-20-30-55)39-44-75(72)95(77)84-65(56-31-21-17-22-32-56)53-69(91(10,11)12)86-81(84)63-35-25-27-37-79(63)97-86/h16-54H,1-15H3. The van der Waals surface area contributed by atoms with Gasteiger partial charge >= 0.3 is 0 Å². The lowest BCUT2D eigenvalue weighted by Gasteiger charge is -2.46. The van der Waals surface area contributed by atoms with Crippen LogP contribution in [-0.4, -0.2) is 11.3 Å². The van der Waals surface area contributed by atoms with Crippen LogP contribution in [-0.2, 0) is 27.1 Å². The van der Waals surface area contributed by atoms with Gasteiger partial charge in [0.1, 0.15) is 22.3 Å². The zero-order valence-corrected chi connectivity index (χ0v) is 59.3. The first-order chi connectivity index (χ1) is 46.8. The first kappa shape index (κ1) is 61.3. The van der Waals surface area contributed by atoms with Gasteiger partial charge in [0.05, 0.1) is 33.2 Å². The molecule has 15 aromatic rings. The highest BCUT2D eigenvalue weighted by Gasteiger charge is 2.47. The van der Waals surface area contributed by atoms with E-state index >= 15 is 0 Å². The van der Waals surface area contributed by atoms with Crippen LogP contribution in [0.5, 0.6) is 0 Å². The van der Waals surface area contributed by atoms with Crippen molar-refractivity contribution in [2.24, 2.45) is 0 Å². The number of hydrogen-bond acceptors (Lipinski definition) is 4. The SMILES string of the molecule is CC(C)(C)c1cc2c3c(c1)N(c1c(-c4ccccc4)cc(C(C)(C)C)c4oc5ccccc5c14)c1cc(-n4c5ccc(C(C)(C)C)cc5c5cc(C(C)(C)C)ccc54)ccc1B3c1cc(-c3ccccc3)ccc1N2c1c(-c2ccccc2)cc(C(C)(C)C)c2oc3ccccc3c12. The van der Waals surface area contributed by atoms with Crippen LogP contribution >= 0.6 is 0 Å². The molecule has 0 unspecified atom stereocenters. The molecule has 5 nitrogen and oxygen atoms in total. The Labute approximate surface area is 577 Å². The molecule has 2 aliphatic rings. The van der Waals surface area contributed by atoms with Crippen molar-refractivity contribution < 1.29 is 8.83 Å². The molecule has 0 bridgehead atoms. The highest BCUT2D eigenvalue weighted by atomic mass is 16.3. The van der Waals surface area contributed by atoms with E-state index in [0.29, 0.717) is 0 Å². The molecule has 3 aromatic heterocycles. The number of furan rings is 2. The molecule has 12 aromatic carbocycles. The maximum Gasteiger partial charge on any atom is 0.252 e. The maximum atomic E-state index is 7.40. The molecular weight excluding hydrogens is 1190 g/mol. The summed E-state index contributed by atoms with van der Waals surface area (Å²) in [4.78, 5) is 5.38. The zero-order valence-electron chi connectivity index (χ0n) is 59.3. The van der Waals surface area contributed by atoms with Gasteiger partial charge in [0, 0.05) is 72.2 Å². The van der Waals surface area contributed by atoms with Crippen LogP contribution < -0.4 is 26.2 Å². The average molecular weight is 1270 g/mol. The molecule has 482 valence electrons. The number of hydrogen-bond donors (Lipinski definition) is 0. The van der Waals surface area contributed by atoms with Crippen LogP contribution in [0.15, 0.2) is 245 Å². The lowest BCUT2D eigenvalue weighted by Crippen LogP contribution is -2.61. The summed E-state index contributed by atoms with van der Waals surface area (Å²) in [6.45, 7) is 34.8. The third-order valence-electron chi connectivity index (χ3n) is 21.3. The largest absolute Gasteiger partial charge is 0.456 e. The molecule has 17 rings (SSSR count). The first-order valence-electron chi connectivity index (χ1n) is 35.1. The van der Waals surface area contributed by atoms with Crippen LogP contribution in [0.25, 0.3) is 105 Å². The topological polar surface area (TPSA) is 37.7 Å². The Morgan fingerprint density at radius 2 is 0.745 bits per heavy atom. The average Bonchev–Trinajstić information content (AvgIpc) is 0.938. The quantitative estimate of drug-likeness (QED) is 0.156. The second kappa shape index (κ2) is 21.6. The summed E-state index contributed by atoms with van der Waals surface area (Å²) in [5.41, 5.74) is 29.4. The normalized spacial score (nSPS) is 13.6. The second-order valence-electron chi connectivity index (χ2n) is 32.9. The molecule has 0 saturated heterocycles. The Bertz CT molecular complexity index is 5700. The van der Waals surface area contributed by atoms with Crippen molar-refractivity contribution in [3.05, 3.63) is 264 Å². The number of nitrogens with zero attached hydrogens (tertiary/aromatic N) is 3. The summed E-state index contributed by atoms with van der Waals surface area (Å²) >= 11 is 0. The van der Waals surface area contributed by atoms with E-state index in [4.69, 9.17) is 8.83 Å². The Morgan fingerprint density at radius 3 is 1.20 bits per heavy atom. The minimum atomic E-state index is -0.329. The number of para-hydroxylation sites is 2. The minimum absolute atomic E-state index is 0.0557. The van der Waals surface area contributed by atoms with Gasteiger partial charge in [-0.25, -0.2) is 0 Å². The first-order valence-corrected chi connectivity index (χ1v) is 35.1. The van der Waals surface area contributed by atoms with Crippen molar-refractivity contribution in [2.45, 2.75) is 131 Å². The highest BCUT2D eigenvalue weighted by molar-refractivity contribution is 7.00. The van der Waals surface area contributed by atoms with E-state index in [9.17, 15) is 0 Å². The molecule has 98 heavy (non-hydrogen) atoms. The van der Waals surface area contributed by atoms with Crippen LogP contribution in [0.4, 0.5) is 34.1 Å². The van der Waals surface area contributed by atoms with Gasteiger partial charge in [-0.2, -0.15) is 0 Å². The fourth-order valence-electron chi connectivity index (χ4n) is 16.1. The minimum Gasteiger partial charge on any atom is -0.456 e. The summed E-state index contributed by atoms with van der Waals surface area (Å²) in [5.74, 6) is 0. The van der Waals surface area contributed by atoms with Crippen molar-refractivity contribution in [1.82, 2.24) is 4.57 Å². The molecule has 6 heteroatoms. The van der Waals surface area contributed by atoms with E-state index < -0.39 is 0 Å². The monoisotopic (exact) mass is 1270 g/mol. The van der Waals surface area contributed by atoms with Crippen molar-refractivity contribution >= 4 is 123 Å². The fraction of sp³-hybridized carbons (Fsp3) is 0.217. The van der Waals surface area contributed by atoms with Crippen molar-refractivity contribution in [1.29, 1.82) is 0 Å². The third-order valence-corrected chi connectivity index (χ3v) is 21.3. The van der Waals surface area contributed by atoms with Gasteiger partial charge in [0.25, 0.3) is 6.71 Å². The number of aromatic nitrogens is 1. The Morgan fingerprint density at radius 1 is 0.306 bits per heavy atom. The maximum absolute atomic E-state index is 7.40. The van der Waals surface area contributed by atoms with Crippen LogP contribution in [0.3, 0.4) is 0 Å². The third kappa shape index (κ3) is 9.55. The van der Waals surface area contributed by atoms with Crippen LogP contribution in [0.2, 0.25) is 0 Å². The molecule has 0 atom stereocenters. The lowest BCUT2D eigenvalue weighted by atomic mass is 9.33. The van der Waals surface area contributed by atoms with E-state index in [1.54, 1.807) is 0 Å². The summed E-state index contributed by atoms with van der Waals surface area (Å²) in [6, 6.07) is 89.9. The number of fused-ring (bicyclic) bond motifs is 13. The van der Waals surface area contributed by atoms with Gasteiger partial charge in [-0.15, -0.1) is 0 Å². The Kier molecular flexibility index (Phi) is 13.5.